The molecule has 9 nitrogen and oxygen atoms in total. The third-order valence-corrected chi connectivity index (χ3v) is 7.00. The van der Waals surface area contributed by atoms with Crippen molar-refractivity contribution < 1.29 is 9.53 Å². The van der Waals surface area contributed by atoms with E-state index in [0.29, 0.717) is 22.4 Å². The maximum atomic E-state index is 11.7. The zero-order chi connectivity index (χ0) is 28.2. The molecule has 2 heterocycles. The number of amides is 1. The number of piperazine rings is 1. The van der Waals surface area contributed by atoms with Crippen molar-refractivity contribution in [1.82, 2.24) is 19.8 Å². The molecule has 212 valence electrons. The van der Waals surface area contributed by atoms with Crippen LogP contribution in [0.4, 0.5) is 23.0 Å². The zero-order valence-corrected chi connectivity index (χ0v) is 23.8. The number of benzene rings is 2. The second kappa shape index (κ2) is 15.3. The largest absolute Gasteiger partial charge is 0.385 e. The summed E-state index contributed by atoms with van der Waals surface area (Å²) in [5.41, 5.74) is 3.87. The van der Waals surface area contributed by atoms with Gasteiger partial charge in [-0.15, -0.1) is 0 Å². The Morgan fingerprint density at radius 3 is 2.48 bits per heavy atom. The first-order valence-electron chi connectivity index (χ1n) is 13.6. The van der Waals surface area contributed by atoms with Gasteiger partial charge in [0.25, 0.3) is 0 Å². The number of aromatic nitrogens is 2. The van der Waals surface area contributed by atoms with Gasteiger partial charge in [-0.3, -0.25) is 4.79 Å². The average molecular weight is 564 g/mol. The van der Waals surface area contributed by atoms with E-state index in [1.165, 1.54) is 6.08 Å². The molecule has 1 aliphatic heterocycles. The van der Waals surface area contributed by atoms with Gasteiger partial charge >= 0.3 is 0 Å². The first-order chi connectivity index (χ1) is 19.5. The van der Waals surface area contributed by atoms with E-state index in [0.717, 1.165) is 82.2 Å². The van der Waals surface area contributed by atoms with Crippen LogP contribution >= 0.6 is 11.6 Å². The third kappa shape index (κ3) is 9.02. The molecule has 1 aliphatic rings. The number of carbonyl (C=O) groups excluding carboxylic acids is 1. The maximum absolute atomic E-state index is 11.7. The lowest BCUT2D eigenvalue weighted by molar-refractivity contribution is -0.111. The third-order valence-electron chi connectivity index (χ3n) is 6.72. The van der Waals surface area contributed by atoms with Crippen LogP contribution in [0.3, 0.4) is 0 Å². The lowest BCUT2D eigenvalue weighted by Crippen LogP contribution is -2.47. The van der Waals surface area contributed by atoms with E-state index in [2.05, 4.69) is 48.4 Å². The van der Waals surface area contributed by atoms with Gasteiger partial charge in [0.1, 0.15) is 0 Å². The summed E-state index contributed by atoms with van der Waals surface area (Å²) in [7, 11) is 1.76. The van der Waals surface area contributed by atoms with Gasteiger partial charge in [-0.25, -0.2) is 9.97 Å². The van der Waals surface area contributed by atoms with E-state index < -0.39 is 0 Å². The highest BCUT2D eigenvalue weighted by atomic mass is 35.5. The molecule has 40 heavy (non-hydrogen) atoms. The molecule has 1 saturated heterocycles. The summed E-state index contributed by atoms with van der Waals surface area (Å²) in [6, 6.07) is 15.4. The van der Waals surface area contributed by atoms with Crippen LogP contribution in [-0.2, 0) is 9.53 Å². The van der Waals surface area contributed by atoms with Crippen LogP contribution in [0, 0.1) is 0 Å². The topological polar surface area (TPSA) is 94.6 Å². The summed E-state index contributed by atoms with van der Waals surface area (Å²) in [6.45, 7) is 12.0. The Bertz CT molecular complexity index is 1260. The predicted octanol–water partition coefficient (Wildman–Crippen LogP) is 5.12. The van der Waals surface area contributed by atoms with Crippen LogP contribution in [0.25, 0.3) is 11.3 Å². The minimum atomic E-state index is -0.283. The summed E-state index contributed by atoms with van der Waals surface area (Å²) in [4.78, 5) is 25.7. The van der Waals surface area contributed by atoms with Crippen LogP contribution < -0.4 is 16.0 Å². The van der Waals surface area contributed by atoms with Crippen LogP contribution in [-0.4, -0.2) is 85.2 Å². The van der Waals surface area contributed by atoms with E-state index in [1.807, 2.05) is 36.4 Å². The smallest absolute Gasteiger partial charge is 0.247 e. The number of hydrogen-bond acceptors (Lipinski definition) is 8. The second-order valence-corrected chi connectivity index (χ2v) is 10.1. The van der Waals surface area contributed by atoms with E-state index >= 15 is 0 Å². The molecule has 0 saturated carbocycles. The Morgan fingerprint density at radius 2 is 1.73 bits per heavy atom. The molecule has 1 aromatic heterocycles. The Hall–Kier alpha value is -3.50. The molecule has 0 atom stereocenters. The van der Waals surface area contributed by atoms with Gasteiger partial charge in [-0.1, -0.05) is 36.4 Å². The Kier molecular flexibility index (Phi) is 11.3. The average Bonchev–Trinajstić information content (AvgIpc) is 2.97. The fourth-order valence-corrected chi connectivity index (χ4v) is 4.81. The first kappa shape index (κ1) is 29.5. The van der Waals surface area contributed by atoms with Gasteiger partial charge in [0.15, 0.2) is 0 Å². The fraction of sp³-hybridized carbons (Fsp3) is 0.367. The molecule has 0 aliphatic carbocycles. The highest BCUT2D eigenvalue weighted by Crippen LogP contribution is 2.29. The van der Waals surface area contributed by atoms with E-state index in [-0.39, 0.29) is 5.91 Å². The molecule has 3 N–H and O–H groups in total. The van der Waals surface area contributed by atoms with Crippen molar-refractivity contribution in [2.45, 2.75) is 12.8 Å². The summed E-state index contributed by atoms with van der Waals surface area (Å²) >= 11 is 6.43. The van der Waals surface area contributed by atoms with Gasteiger partial charge in [0.05, 0.1) is 16.9 Å². The number of nitrogens with zero attached hydrogens (tertiary/aromatic N) is 4. The van der Waals surface area contributed by atoms with Crippen LogP contribution in [0.1, 0.15) is 12.8 Å². The maximum Gasteiger partial charge on any atom is 0.247 e. The molecule has 2 aromatic carbocycles. The quantitative estimate of drug-likeness (QED) is 0.184. The van der Waals surface area contributed by atoms with Crippen molar-refractivity contribution in [2.75, 3.05) is 75.5 Å². The highest BCUT2D eigenvalue weighted by Gasteiger charge is 2.16. The number of methoxy groups -OCH3 is 1. The van der Waals surface area contributed by atoms with E-state index in [4.69, 9.17) is 16.3 Å². The number of ether oxygens (including phenoxy) is 1. The number of anilines is 4. The standard InChI is InChI=1S/C30H38ClN7O2/c1-3-28(39)34-25-10-4-8-23(20-25)29-27(31)22-33-30(36-29)35-26-11-5-9-24(21-26)32-12-6-13-37-15-17-38(18-16-37)14-7-19-40-2/h3-5,8-11,20-22,32H,1,6-7,12-19H2,2H3,(H,34,39)(H,33,35,36). The molecular weight excluding hydrogens is 526 g/mol. The van der Waals surface area contributed by atoms with Crippen LogP contribution in [0.5, 0.6) is 0 Å². The van der Waals surface area contributed by atoms with Crippen molar-refractivity contribution in [1.29, 1.82) is 0 Å². The molecule has 0 radical (unpaired) electrons. The number of carbonyl (C=O) groups is 1. The number of hydrogen-bond donors (Lipinski definition) is 3. The molecule has 0 bridgehead atoms. The summed E-state index contributed by atoms with van der Waals surface area (Å²) in [5, 5.41) is 9.98. The molecular formula is C30H38ClN7O2. The van der Waals surface area contributed by atoms with Gasteiger partial charge in [0, 0.05) is 75.6 Å². The van der Waals surface area contributed by atoms with E-state index in [9.17, 15) is 4.79 Å². The molecule has 10 heteroatoms. The van der Waals surface area contributed by atoms with Crippen molar-refractivity contribution >= 4 is 40.5 Å². The van der Waals surface area contributed by atoms with E-state index in [1.54, 1.807) is 19.4 Å². The van der Waals surface area contributed by atoms with Crippen molar-refractivity contribution in [3.8, 4) is 11.3 Å². The van der Waals surface area contributed by atoms with Gasteiger partial charge < -0.3 is 30.5 Å². The minimum Gasteiger partial charge on any atom is -0.385 e. The highest BCUT2D eigenvalue weighted by molar-refractivity contribution is 6.33. The molecule has 0 unspecified atom stereocenters. The minimum absolute atomic E-state index is 0.283. The van der Waals surface area contributed by atoms with Gasteiger partial charge in [0.2, 0.25) is 11.9 Å². The summed E-state index contributed by atoms with van der Waals surface area (Å²) in [6.07, 6.45) is 4.98. The molecule has 4 rings (SSSR count). The van der Waals surface area contributed by atoms with Crippen molar-refractivity contribution in [2.24, 2.45) is 0 Å². The number of halogens is 1. The lowest BCUT2D eigenvalue weighted by atomic mass is 10.1. The molecule has 3 aromatic rings. The Morgan fingerprint density at radius 1 is 1.02 bits per heavy atom. The molecule has 0 spiro atoms. The monoisotopic (exact) mass is 563 g/mol. The SMILES string of the molecule is C=CC(=O)Nc1cccc(-c2nc(Nc3cccc(NCCCN4CCN(CCCOC)CC4)c3)ncc2Cl)c1. The molecule has 1 amide bonds. The number of nitrogens with one attached hydrogen (secondary N) is 3. The number of rotatable bonds is 14. The Labute approximate surface area is 241 Å². The van der Waals surface area contributed by atoms with Gasteiger partial charge in [-0.2, -0.15) is 0 Å². The summed E-state index contributed by atoms with van der Waals surface area (Å²) < 4.78 is 5.16. The second-order valence-electron chi connectivity index (χ2n) is 9.68. The molecule has 1 fully saturated rings. The van der Waals surface area contributed by atoms with Crippen LogP contribution in [0.15, 0.2) is 67.4 Å². The van der Waals surface area contributed by atoms with Gasteiger partial charge in [-0.05, 0) is 55.8 Å². The lowest BCUT2D eigenvalue weighted by Gasteiger charge is -2.34. The van der Waals surface area contributed by atoms with Crippen molar-refractivity contribution in [3.63, 3.8) is 0 Å². The summed E-state index contributed by atoms with van der Waals surface area (Å²) in [5.74, 6) is 0.146. The Balaban J connectivity index is 1.27. The fourth-order valence-electron chi connectivity index (χ4n) is 4.61. The first-order valence-corrected chi connectivity index (χ1v) is 14.0. The predicted molar refractivity (Wildman–Crippen MR) is 164 cm³/mol. The van der Waals surface area contributed by atoms with Crippen LogP contribution in [0.2, 0.25) is 5.02 Å². The zero-order valence-electron chi connectivity index (χ0n) is 23.0. The van der Waals surface area contributed by atoms with Crippen molar-refractivity contribution in [3.05, 3.63) is 72.4 Å². The normalized spacial score (nSPS) is 14.1.